The molecule has 4 rings (SSSR count). The van der Waals surface area contributed by atoms with Gasteiger partial charge in [-0.2, -0.15) is 0 Å². The third-order valence-electron chi connectivity index (χ3n) is 5.81. The fourth-order valence-corrected chi connectivity index (χ4v) is 3.99. The van der Waals surface area contributed by atoms with Crippen LogP contribution in [-0.4, -0.2) is 50.3 Å². The van der Waals surface area contributed by atoms with Gasteiger partial charge in [0.2, 0.25) is 6.79 Å². The summed E-state index contributed by atoms with van der Waals surface area (Å²) in [6.45, 7) is 6.37. The lowest BCUT2D eigenvalue weighted by atomic mass is 10.1. The molecule has 6 nitrogen and oxygen atoms in total. The van der Waals surface area contributed by atoms with Gasteiger partial charge in [0.25, 0.3) is 5.91 Å². The number of hydrogen-bond donors (Lipinski definition) is 2. The standard InChI is InChI=1S/C22H25F2N3O3/c1-15(18-4-3-17(23)11-19(18)24)25-12-22(28)27-8-6-26(7-9-27)13-16-2-5-20-21(10-16)30-14-29-20/h2-5,10-11,15,25H,6-9,12-14H2,1H3/p+2/t15-/m0/s1. The molecule has 0 bridgehead atoms. The van der Waals surface area contributed by atoms with E-state index in [1.165, 1.54) is 22.6 Å². The molecular weight excluding hydrogens is 392 g/mol. The van der Waals surface area contributed by atoms with Crippen LogP contribution >= 0.6 is 0 Å². The third-order valence-corrected chi connectivity index (χ3v) is 5.81. The highest BCUT2D eigenvalue weighted by Gasteiger charge is 2.26. The summed E-state index contributed by atoms with van der Waals surface area (Å²) in [5.74, 6) is 0.456. The molecule has 0 saturated carbocycles. The quantitative estimate of drug-likeness (QED) is 0.706. The minimum absolute atomic E-state index is 0.0477. The average Bonchev–Trinajstić information content (AvgIpc) is 3.20. The lowest BCUT2D eigenvalue weighted by molar-refractivity contribution is -0.917. The lowest BCUT2D eigenvalue weighted by Gasteiger charge is -2.32. The van der Waals surface area contributed by atoms with Crippen LogP contribution in [0.15, 0.2) is 36.4 Å². The summed E-state index contributed by atoms with van der Waals surface area (Å²) >= 11 is 0. The zero-order valence-electron chi connectivity index (χ0n) is 17.0. The molecule has 3 N–H and O–H groups in total. The highest BCUT2D eigenvalue weighted by molar-refractivity contribution is 5.77. The van der Waals surface area contributed by atoms with Crippen LogP contribution in [-0.2, 0) is 11.3 Å². The SMILES string of the molecule is C[C@H]([NH2+]CC(=O)N1CC[NH+](Cc2ccc3c(c2)OCO3)CC1)c1ccc(F)cc1F. The van der Waals surface area contributed by atoms with E-state index in [4.69, 9.17) is 9.47 Å². The Morgan fingerprint density at radius 1 is 1.13 bits per heavy atom. The van der Waals surface area contributed by atoms with E-state index in [0.717, 1.165) is 37.2 Å². The molecule has 2 aromatic rings. The summed E-state index contributed by atoms with van der Waals surface area (Å²) < 4.78 is 37.8. The Hall–Kier alpha value is -2.71. The van der Waals surface area contributed by atoms with Gasteiger partial charge in [-0.15, -0.1) is 0 Å². The van der Waals surface area contributed by atoms with Crippen molar-refractivity contribution in [2.24, 2.45) is 0 Å². The summed E-state index contributed by atoms with van der Waals surface area (Å²) in [5, 5.41) is 1.80. The van der Waals surface area contributed by atoms with Crippen molar-refractivity contribution < 1.29 is 33.3 Å². The number of carbonyl (C=O) groups is 1. The Labute approximate surface area is 174 Å². The zero-order valence-corrected chi connectivity index (χ0v) is 17.0. The number of nitrogens with zero attached hydrogens (tertiary/aromatic N) is 1. The first-order valence-electron chi connectivity index (χ1n) is 10.3. The van der Waals surface area contributed by atoms with Gasteiger partial charge in [0.15, 0.2) is 18.0 Å². The van der Waals surface area contributed by atoms with Crippen molar-refractivity contribution >= 4 is 5.91 Å². The van der Waals surface area contributed by atoms with E-state index in [2.05, 4.69) is 6.07 Å². The van der Waals surface area contributed by atoms with E-state index in [1.807, 2.05) is 24.0 Å². The van der Waals surface area contributed by atoms with Crippen LogP contribution in [0.1, 0.15) is 24.1 Å². The Kier molecular flexibility index (Phi) is 6.15. The Bertz CT molecular complexity index is 916. The fourth-order valence-electron chi connectivity index (χ4n) is 3.99. The van der Waals surface area contributed by atoms with Crippen LogP contribution in [0.25, 0.3) is 0 Å². The van der Waals surface area contributed by atoms with Gasteiger partial charge in [-0.25, -0.2) is 8.78 Å². The number of nitrogens with two attached hydrogens (primary N) is 1. The smallest absolute Gasteiger partial charge is 0.278 e. The lowest BCUT2D eigenvalue weighted by Crippen LogP contribution is -3.13. The first-order valence-corrected chi connectivity index (χ1v) is 10.3. The average molecular weight is 419 g/mol. The number of rotatable bonds is 6. The zero-order chi connectivity index (χ0) is 21.1. The highest BCUT2D eigenvalue weighted by atomic mass is 19.1. The van der Waals surface area contributed by atoms with Gasteiger partial charge in [0, 0.05) is 17.2 Å². The molecule has 2 aliphatic heterocycles. The van der Waals surface area contributed by atoms with Crippen molar-refractivity contribution in [2.45, 2.75) is 19.5 Å². The van der Waals surface area contributed by atoms with Crippen molar-refractivity contribution in [3.8, 4) is 11.5 Å². The number of nitrogens with one attached hydrogen (secondary N) is 1. The van der Waals surface area contributed by atoms with Crippen molar-refractivity contribution in [3.05, 3.63) is 59.2 Å². The molecule has 160 valence electrons. The van der Waals surface area contributed by atoms with Gasteiger partial charge in [-0.05, 0) is 37.3 Å². The molecule has 1 fully saturated rings. The molecule has 2 aliphatic rings. The predicted molar refractivity (Wildman–Crippen MR) is 105 cm³/mol. The third kappa shape index (κ3) is 4.71. The molecule has 0 aromatic heterocycles. The number of ether oxygens (including phenoxy) is 2. The van der Waals surface area contributed by atoms with Gasteiger partial charge < -0.3 is 24.6 Å². The second-order valence-corrected chi connectivity index (χ2v) is 7.89. The molecule has 30 heavy (non-hydrogen) atoms. The maximum Gasteiger partial charge on any atom is 0.278 e. The Morgan fingerprint density at radius 2 is 1.90 bits per heavy atom. The number of halogens is 2. The second-order valence-electron chi connectivity index (χ2n) is 7.89. The maximum absolute atomic E-state index is 13.9. The number of piperazine rings is 1. The molecule has 1 atom stereocenters. The van der Waals surface area contributed by atoms with Crippen LogP contribution in [0.5, 0.6) is 11.5 Å². The molecule has 0 aliphatic carbocycles. The number of fused-ring (bicyclic) bond motifs is 1. The predicted octanol–water partition coefficient (Wildman–Crippen LogP) is 0.245. The molecule has 1 amide bonds. The summed E-state index contributed by atoms with van der Waals surface area (Å²) in [6, 6.07) is 9.33. The van der Waals surface area contributed by atoms with Gasteiger partial charge >= 0.3 is 0 Å². The van der Waals surface area contributed by atoms with Crippen molar-refractivity contribution in [1.82, 2.24) is 4.90 Å². The number of benzene rings is 2. The second kappa shape index (κ2) is 8.97. The van der Waals surface area contributed by atoms with E-state index >= 15 is 0 Å². The molecule has 2 heterocycles. The number of carbonyl (C=O) groups excluding carboxylic acids is 1. The minimum Gasteiger partial charge on any atom is -0.454 e. The Morgan fingerprint density at radius 3 is 2.67 bits per heavy atom. The molecule has 1 saturated heterocycles. The van der Waals surface area contributed by atoms with Crippen LogP contribution < -0.4 is 19.7 Å². The monoisotopic (exact) mass is 419 g/mol. The fraction of sp³-hybridized carbons (Fsp3) is 0.409. The molecule has 8 heteroatoms. The van der Waals surface area contributed by atoms with Crippen LogP contribution in [0, 0.1) is 11.6 Å². The van der Waals surface area contributed by atoms with Crippen molar-refractivity contribution in [1.29, 1.82) is 0 Å². The molecule has 0 unspecified atom stereocenters. The summed E-state index contributed by atoms with van der Waals surface area (Å²) in [7, 11) is 0. The first-order chi connectivity index (χ1) is 14.5. The van der Waals surface area contributed by atoms with E-state index in [0.29, 0.717) is 18.7 Å². The first kappa shape index (κ1) is 20.6. The van der Waals surface area contributed by atoms with Crippen molar-refractivity contribution in [2.75, 3.05) is 39.5 Å². The van der Waals surface area contributed by atoms with E-state index < -0.39 is 11.6 Å². The number of quaternary nitrogens is 2. The molecule has 0 radical (unpaired) electrons. The summed E-state index contributed by atoms with van der Waals surface area (Å²) in [6.07, 6.45) is 0. The van der Waals surface area contributed by atoms with E-state index in [1.54, 1.807) is 5.32 Å². The largest absolute Gasteiger partial charge is 0.454 e. The van der Waals surface area contributed by atoms with Gasteiger partial charge in [-0.1, -0.05) is 0 Å². The normalized spacial score (nSPS) is 17.2. The summed E-state index contributed by atoms with van der Waals surface area (Å²) in [5.41, 5.74) is 1.60. The van der Waals surface area contributed by atoms with Crippen molar-refractivity contribution in [3.63, 3.8) is 0 Å². The van der Waals surface area contributed by atoms with E-state index in [-0.39, 0.29) is 25.3 Å². The van der Waals surface area contributed by atoms with Gasteiger partial charge in [0.1, 0.15) is 24.2 Å². The van der Waals surface area contributed by atoms with Crippen LogP contribution in [0.2, 0.25) is 0 Å². The molecule has 0 spiro atoms. The summed E-state index contributed by atoms with van der Waals surface area (Å²) in [4.78, 5) is 15.9. The number of hydrogen-bond acceptors (Lipinski definition) is 3. The van der Waals surface area contributed by atoms with Gasteiger partial charge in [-0.3, -0.25) is 4.79 Å². The molecule has 2 aromatic carbocycles. The van der Waals surface area contributed by atoms with Crippen LogP contribution in [0.3, 0.4) is 0 Å². The van der Waals surface area contributed by atoms with Gasteiger partial charge in [0.05, 0.1) is 26.2 Å². The van der Waals surface area contributed by atoms with E-state index in [9.17, 15) is 13.6 Å². The number of amides is 1. The Balaban J connectivity index is 1.23. The topological polar surface area (TPSA) is 59.8 Å². The minimum atomic E-state index is -0.597. The highest BCUT2D eigenvalue weighted by Crippen LogP contribution is 2.32. The molecular formula is C22H27F2N3O3+2. The van der Waals surface area contributed by atoms with Crippen LogP contribution in [0.4, 0.5) is 8.78 Å². The maximum atomic E-state index is 13.9.